The Morgan fingerprint density at radius 3 is 2.79 bits per heavy atom. The molecule has 19 heavy (non-hydrogen) atoms. The molecule has 2 unspecified atom stereocenters. The first kappa shape index (κ1) is 12.4. The maximum absolute atomic E-state index is 5.32. The molecule has 2 aromatic rings. The fraction of sp³-hybridized carbons (Fsp3) is 0.231. The van der Waals surface area contributed by atoms with Crippen molar-refractivity contribution in [3.05, 3.63) is 46.6 Å². The first-order valence-corrected chi connectivity index (χ1v) is 6.88. The van der Waals surface area contributed by atoms with Crippen molar-refractivity contribution in [2.75, 3.05) is 10.7 Å². The summed E-state index contributed by atoms with van der Waals surface area (Å²) in [6.45, 7) is 0. The topological polar surface area (TPSA) is 75.9 Å². The summed E-state index contributed by atoms with van der Waals surface area (Å²) >= 11 is 3.44. The molecule has 1 aliphatic rings. The molecule has 1 aliphatic carbocycles. The van der Waals surface area contributed by atoms with Crippen LogP contribution in [0.5, 0.6) is 0 Å². The van der Waals surface area contributed by atoms with Crippen molar-refractivity contribution in [3.63, 3.8) is 0 Å². The zero-order valence-corrected chi connectivity index (χ0v) is 11.8. The van der Waals surface area contributed by atoms with Crippen molar-refractivity contribution in [3.8, 4) is 0 Å². The van der Waals surface area contributed by atoms with E-state index in [1.165, 1.54) is 5.56 Å². The van der Waals surface area contributed by atoms with Crippen LogP contribution in [-0.2, 0) is 0 Å². The normalized spacial score (nSPS) is 20.9. The summed E-state index contributed by atoms with van der Waals surface area (Å²) in [6, 6.07) is 10.9. The maximum Gasteiger partial charge on any atom is 0.239 e. The molecular weight excluding hydrogens is 306 g/mol. The number of anilines is 2. The minimum Gasteiger partial charge on any atom is -0.366 e. The van der Waals surface area contributed by atoms with Gasteiger partial charge in [-0.25, -0.2) is 10.8 Å². The molecule has 0 bridgehead atoms. The predicted molar refractivity (Wildman–Crippen MR) is 78.8 cm³/mol. The number of benzene rings is 1. The number of aromatic nitrogens is 2. The van der Waals surface area contributed by atoms with Crippen LogP contribution in [0.4, 0.5) is 11.8 Å². The monoisotopic (exact) mass is 319 g/mol. The molecule has 6 heteroatoms. The molecule has 0 amide bonds. The Hall–Kier alpha value is -1.66. The van der Waals surface area contributed by atoms with Crippen LogP contribution >= 0.6 is 15.9 Å². The quantitative estimate of drug-likeness (QED) is 0.596. The van der Waals surface area contributed by atoms with E-state index in [1.807, 2.05) is 6.07 Å². The van der Waals surface area contributed by atoms with Gasteiger partial charge in [-0.15, -0.1) is 0 Å². The molecule has 2 atom stereocenters. The van der Waals surface area contributed by atoms with E-state index in [9.17, 15) is 0 Å². The van der Waals surface area contributed by atoms with Gasteiger partial charge in [-0.1, -0.05) is 30.3 Å². The summed E-state index contributed by atoms with van der Waals surface area (Å²) in [5.41, 5.74) is 3.81. The van der Waals surface area contributed by atoms with Gasteiger partial charge in [0.25, 0.3) is 0 Å². The summed E-state index contributed by atoms with van der Waals surface area (Å²) < 4.78 is 0.838. The van der Waals surface area contributed by atoms with Gasteiger partial charge in [0.05, 0.1) is 4.47 Å². The van der Waals surface area contributed by atoms with E-state index < -0.39 is 0 Å². The van der Waals surface area contributed by atoms with Crippen LogP contribution in [0.2, 0.25) is 0 Å². The Labute approximate surface area is 119 Å². The van der Waals surface area contributed by atoms with Crippen LogP contribution < -0.4 is 16.6 Å². The number of halogens is 1. The number of nitrogens with one attached hydrogen (secondary N) is 2. The maximum atomic E-state index is 5.32. The van der Waals surface area contributed by atoms with Crippen LogP contribution in [0.25, 0.3) is 0 Å². The number of hydrazine groups is 1. The van der Waals surface area contributed by atoms with Crippen molar-refractivity contribution >= 4 is 27.7 Å². The zero-order chi connectivity index (χ0) is 13.2. The molecule has 3 rings (SSSR count). The Morgan fingerprint density at radius 1 is 1.26 bits per heavy atom. The average Bonchev–Trinajstić information content (AvgIpc) is 3.21. The standard InChI is InChI=1S/C13H14BrN5/c14-10-7-16-13(19-15)18-12(10)17-11-6-9(11)8-4-2-1-3-5-8/h1-5,7,9,11H,6,15H2,(H2,16,17,18,19). The van der Waals surface area contributed by atoms with E-state index >= 15 is 0 Å². The number of hydrogen-bond acceptors (Lipinski definition) is 5. The van der Waals surface area contributed by atoms with E-state index in [0.717, 1.165) is 16.7 Å². The second kappa shape index (κ2) is 5.14. The first-order valence-electron chi connectivity index (χ1n) is 6.08. The second-order valence-corrected chi connectivity index (χ2v) is 5.39. The second-order valence-electron chi connectivity index (χ2n) is 4.54. The molecule has 1 fully saturated rings. The highest BCUT2D eigenvalue weighted by atomic mass is 79.9. The molecular formula is C13H14BrN5. The predicted octanol–water partition coefficient (Wildman–Crippen LogP) is 2.49. The molecule has 0 saturated heterocycles. The van der Waals surface area contributed by atoms with Gasteiger partial charge in [0, 0.05) is 18.2 Å². The van der Waals surface area contributed by atoms with Crippen molar-refractivity contribution in [2.45, 2.75) is 18.4 Å². The lowest BCUT2D eigenvalue weighted by molar-refractivity contribution is 1.01. The Bertz CT molecular complexity index is 575. The van der Waals surface area contributed by atoms with E-state index in [0.29, 0.717) is 17.9 Å². The third-order valence-electron chi connectivity index (χ3n) is 3.21. The van der Waals surface area contributed by atoms with Gasteiger partial charge < -0.3 is 5.32 Å². The number of rotatable bonds is 4. The minimum atomic E-state index is 0.405. The molecule has 0 spiro atoms. The summed E-state index contributed by atoms with van der Waals surface area (Å²) in [5, 5.41) is 3.41. The molecule has 98 valence electrons. The highest BCUT2D eigenvalue weighted by molar-refractivity contribution is 9.10. The summed E-state index contributed by atoms with van der Waals surface area (Å²) in [5.74, 6) is 7.04. The molecule has 1 saturated carbocycles. The van der Waals surface area contributed by atoms with Crippen LogP contribution in [0.1, 0.15) is 17.9 Å². The lowest BCUT2D eigenvalue weighted by Crippen LogP contribution is -2.13. The highest BCUT2D eigenvalue weighted by Gasteiger charge is 2.38. The molecule has 1 aromatic heterocycles. The first-order chi connectivity index (χ1) is 9.28. The molecule has 0 radical (unpaired) electrons. The van der Waals surface area contributed by atoms with Crippen LogP contribution in [0.15, 0.2) is 41.0 Å². The summed E-state index contributed by atoms with van der Waals surface area (Å²) in [4.78, 5) is 8.32. The van der Waals surface area contributed by atoms with Gasteiger partial charge in [0.15, 0.2) is 0 Å². The van der Waals surface area contributed by atoms with Gasteiger partial charge in [-0.3, -0.25) is 5.43 Å². The fourth-order valence-corrected chi connectivity index (χ4v) is 2.44. The third-order valence-corrected chi connectivity index (χ3v) is 3.79. The van der Waals surface area contributed by atoms with Gasteiger partial charge in [-0.2, -0.15) is 4.98 Å². The van der Waals surface area contributed by atoms with Crippen molar-refractivity contribution in [1.82, 2.24) is 9.97 Å². The van der Waals surface area contributed by atoms with Crippen LogP contribution in [0, 0.1) is 0 Å². The van der Waals surface area contributed by atoms with Crippen molar-refractivity contribution in [1.29, 1.82) is 0 Å². The van der Waals surface area contributed by atoms with Gasteiger partial charge in [0.1, 0.15) is 5.82 Å². The number of nitrogens with two attached hydrogens (primary N) is 1. The Balaban J connectivity index is 1.71. The lowest BCUT2D eigenvalue weighted by atomic mass is 10.1. The summed E-state index contributed by atoms with van der Waals surface area (Å²) in [7, 11) is 0. The third kappa shape index (κ3) is 2.69. The fourth-order valence-electron chi connectivity index (χ4n) is 2.14. The van der Waals surface area contributed by atoms with Crippen molar-refractivity contribution in [2.24, 2.45) is 5.84 Å². The molecule has 4 N–H and O–H groups in total. The minimum absolute atomic E-state index is 0.405. The number of hydrogen-bond donors (Lipinski definition) is 3. The van der Waals surface area contributed by atoms with Crippen LogP contribution in [-0.4, -0.2) is 16.0 Å². The largest absolute Gasteiger partial charge is 0.366 e. The zero-order valence-electron chi connectivity index (χ0n) is 10.2. The average molecular weight is 320 g/mol. The molecule has 1 heterocycles. The van der Waals surface area contributed by atoms with E-state index in [-0.39, 0.29) is 0 Å². The highest BCUT2D eigenvalue weighted by Crippen LogP contribution is 2.43. The number of nitrogens with zero attached hydrogens (tertiary/aromatic N) is 2. The van der Waals surface area contributed by atoms with Gasteiger partial charge in [0.2, 0.25) is 5.95 Å². The van der Waals surface area contributed by atoms with Crippen LogP contribution in [0.3, 0.4) is 0 Å². The van der Waals surface area contributed by atoms with E-state index in [4.69, 9.17) is 5.84 Å². The smallest absolute Gasteiger partial charge is 0.239 e. The lowest BCUT2D eigenvalue weighted by Gasteiger charge is -2.08. The number of nitrogen functional groups attached to an aromatic ring is 1. The van der Waals surface area contributed by atoms with Gasteiger partial charge in [-0.05, 0) is 27.9 Å². The SMILES string of the molecule is NNc1ncc(Br)c(NC2CC2c2ccccc2)n1. The van der Waals surface area contributed by atoms with Crippen molar-refractivity contribution < 1.29 is 0 Å². The van der Waals surface area contributed by atoms with Gasteiger partial charge >= 0.3 is 0 Å². The van der Waals surface area contributed by atoms with E-state index in [2.05, 4.69) is 60.9 Å². The summed E-state index contributed by atoms with van der Waals surface area (Å²) in [6.07, 6.45) is 2.80. The molecule has 5 nitrogen and oxygen atoms in total. The molecule has 1 aromatic carbocycles. The van der Waals surface area contributed by atoms with E-state index in [1.54, 1.807) is 6.20 Å². The molecule has 0 aliphatic heterocycles. The Morgan fingerprint density at radius 2 is 2.05 bits per heavy atom. The Kier molecular flexibility index (Phi) is 3.35.